The zero-order chi connectivity index (χ0) is 19.5. The number of ether oxygens (including phenoxy) is 1. The van der Waals surface area contributed by atoms with Gasteiger partial charge in [-0.25, -0.2) is 4.98 Å². The highest BCUT2D eigenvalue weighted by Gasteiger charge is 2.10. The molecular weight excluding hydrogens is 372 g/mol. The lowest BCUT2D eigenvalue weighted by Crippen LogP contribution is -2.15. The Labute approximate surface area is 166 Å². The molecule has 2 aromatic heterocycles. The molecule has 6 nitrogen and oxygen atoms in total. The van der Waals surface area contributed by atoms with Crippen LogP contribution in [-0.2, 0) is 13.0 Å². The van der Waals surface area contributed by atoms with Crippen molar-refractivity contribution in [1.82, 2.24) is 14.6 Å². The van der Waals surface area contributed by atoms with Gasteiger partial charge in [-0.05, 0) is 31.0 Å². The van der Waals surface area contributed by atoms with Crippen molar-refractivity contribution >= 4 is 21.4 Å². The van der Waals surface area contributed by atoms with Crippen molar-refractivity contribution in [2.75, 3.05) is 5.32 Å². The number of anilines is 1. The van der Waals surface area contributed by atoms with Crippen molar-refractivity contribution in [1.29, 1.82) is 0 Å². The van der Waals surface area contributed by atoms with E-state index < -0.39 is 0 Å². The van der Waals surface area contributed by atoms with Crippen LogP contribution >= 0.6 is 11.3 Å². The number of para-hydroxylation sites is 2. The Morgan fingerprint density at radius 1 is 1.11 bits per heavy atom. The van der Waals surface area contributed by atoms with Gasteiger partial charge in [-0.15, -0.1) is 5.10 Å². The van der Waals surface area contributed by atoms with Crippen LogP contribution in [0.1, 0.15) is 23.7 Å². The molecule has 7 heteroatoms. The van der Waals surface area contributed by atoms with Crippen molar-refractivity contribution < 1.29 is 4.74 Å². The topological polar surface area (TPSA) is 68.5 Å². The normalized spacial score (nSPS) is 10.9. The minimum absolute atomic E-state index is 0.158. The summed E-state index contributed by atoms with van der Waals surface area (Å²) >= 11 is 1.36. The Morgan fingerprint density at radius 2 is 1.86 bits per heavy atom. The molecule has 0 bridgehead atoms. The van der Waals surface area contributed by atoms with Gasteiger partial charge in [0.05, 0.1) is 0 Å². The van der Waals surface area contributed by atoms with E-state index in [2.05, 4.69) is 15.4 Å². The number of benzene rings is 2. The lowest BCUT2D eigenvalue weighted by Gasteiger charge is -2.13. The third-order valence-electron chi connectivity index (χ3n) is 4.38. The van der Waals surface area contributed by atoms with Crippen LogP contribution in [0.4, 0.5) is 5.13 Å². The number of aryl methyl sites for hydroxylation is 2. The molecule has 0 unspecified atom stereocenters. The molecule has 1 N–H and O–H groups in total. The van der Waals surface area contributed by atoms with E-state index in [-0.39, 0.29) is 5.56 Å². The van der Waals surface area contributed by atoms with Crippen molar-refractivity contribution in [3.8, 4) is 11.5 Å². The van der Waals surface area contributed by atoms with Crippen LogP contribution in [-0.4, -0.2) is 14.6 Å². The molecule has 0 aliphatic rings. The largest absolute Gasteiger partial charge is 0.457 e. The summed E-state index contributed by atoms with van der Waals surface area (Å²) in [6, 6.07) is 17.3. The van der Waals surface area contributed by atoms with Gasteiger partial charge < -0.3 is 10.1 Å². The van der Waals surface area contributed by atoms with Crippen LogP contribution in [0.5, 0.6) is 11.5 Å². The van der Waals surface area contributed by atoms with E-state index in [1.54, 1.807) is 0 Å². The van der Waals surface area contributed by atoms with Gasteiger partial charge in [-0.2, -0.15) is 4.52 Å². The first-order chi connectivity index (χ1) is 13.6. The van der Waals surface area contributed by atoms with Crippen LogP contribution in [0.3, 0.4) is 0 Å². The first-order valence-electron chi connectivity index (χ1n) is 9.09. The maximum absolute atomic E-state index is 12.2. The minimum Gasteiger partial charge on any atom is -0.457 e. The van der Waals surface area contributed by atoms with Gasteiger partial charge in [0, 0.05) is 23.9 Å². The highest BCUT2D eigenvalue weighted by molar-refractivity contribution is 7.20. The maximum atomic E-state index is 12.2. The number of rotatable bonds is 6. The average Bonchev–Trinajstić information content (AvgIpc) is 3.12. The molecule has 0 radical (unpaired) electrons. The summed E-state index contributed by atoms with van der Waals surface area (Å²) in [7, 11) is 0. The number of hydrogen-bond acceptors (Lipinski definition) is 6. The van der Waals surface area contributed by atoms with E-state index in [1.165, 1.54) is 21.9 Å². The highest BCUT2D eigenvalue weighted by atomic mass is 32.1. The molecule has 28 heavy (non-hydrogen) atoms. The second-order valence-corrected chi connectivity index (χ2v) is 7.33. The Kier molecular flexibility index (Phi) is 5.08. The summed E-state index contributed by atoms with van der Waals surface area (Å²) in [5.74, 6) is 1.62. The Morgan fingerprint density at radius 3 is 2.64 bits per heavy atom. The molecule has 0 atom stereocenters. The molecule has 2 heterocycles. The molecule has 0 saturated heterocycles. The molecule has 0 aliphatic carbocycles. The fraction of sp³-hybridized carbons (Fsp3) is 0.190. The number of nitrogens with zero attached hydrogens (tertiary/aromatic N) is 3. The Balaban J connectivity index is 1.56. The van der Waals surface area contributed by atoms with E-state index in [4.69, 9.17) is 4.74 Å². The molecule has 2 aromatic carbocycles. The van der Waals surface area contributed by atoms with E-state index in [9.17, 15) is 4.79 Å². The first kappa shape index (κ1) is 18.2. The molecule has 142 valence electrons. The summed E-state index contributed by atoms with van der Waals surface area (Å²) in [6.45, 7) is 4.52. The summed E-state index contributed by atoms with van der Waals surface area (Å²) in [5.41, 5.74) is 2.69. The lowest BCUT2D eigenvalue weighted by molar-refractivity contribution is 0.473. The fourth-order valence-electron chi connectivity index (χ4n) is 2.82. The molecule has 0 amide bonds. The highest BCUT2D eigenvalue weighted by Crippen LogP contribution is 2.28. The summed E-state index contributed by atoms with van der Waals surface area (Å²) in [6.07, 6.45) is 0.718. The molecule has 0 fully saturated rings. The second kappa shape index (κ2) is 7.82. The van der Waals surface area contributed by atoms with Crippen molar-refractivity contribution in [3.63, 3.8) is 0 Å². The maximum Gasteiger partial charge on any atom is 0.275 e. The summed E-state index contributed by atoms with van der Waals surface area (Å²) < 4.78 is 7.45. The van der Waals surface area contributed by atoms with Crippen LogP contribution in [0.2, 0.25) is 0 Å². The van der Waals surface area contributed by atoms with Crippen molar-refractivity contribution in [3.05, 3.63) is 81.8 Å². The second-order valence-electron chi connectivity index (χ2n) is 6.37. The Bertz CT molecular complexity index is 1180. The van der Waals surface area contributed by atoms with Gasteiger partial charge in [-0.3, -0.25) is 4.79 Å². The molecular formula is C21H20N4O2S. The average molecular weight is 392 g/mol. The van der Waals surface area contributed by atoms with Crippen LogP contribution in [0, 0.1) is 6.92 Å². The first-order valence-corrected chi connectivity index (χ1v) is 9.90. The van der Waals surface area contributed by atoms with Gasteiger partial charge in [-0.1, -0.05) is 54.7 Å². The molecule has 0 saturated carbocycles. The van der Waals surface area contributed by atoms with E-state index in [1.807, 2.05) is 62.4 Å². The van der Waals surface area contributed by atoms with Gasteiger partial charge in [0.1, 0.15) is 11.5 Å². The zero-order valence-electron chi connectivity index (χ0n) is 15.7. The van der Waals surface area contributed by atoms with Crippen LogP contribution in [0.15, 0.2) is 59.4 Å². The smallest absolute Gasteiger partial charge is 0.275 e. The van der Waals surface area contributed by atoms with Gasteiger partial charge >= 0.3 is 0 Å². The third-order valence-corrected chi connectivity index (χ3v) is 5.24. The van der Waals surface area contributed by atoms with E-state index >= 15 is 0 Å². The van der Waals surface area contributed by atoms with Gasteiger partial charge in [0.15, 0.2) is 0 Å². The number of aromatic nitrogens is 3. The lowest BCUT2D eigenvalue weighted by atomic mass is 10.2. The van der Waals surface area contributed by atoms with Crippen molar-refractivity contribution in [2.24, 2.45) is 0 Å². The quantitative estimate of drug-likeness (QED) is 0.526. The van der Waals surface area contributed by atoms with Gasteiger partial charge in [0.25, 0.3) is 5.56 Å². The standard InChI is InChI=1S/C21H20N4O2S/c1-3-16-12-19(26)25-21(23-16)28-20(24-25)22-13-15-9-5-7-11-18(15)27-17-10-6-4-8-14(17)2/h4-12H,3,13H2,1-2H3,(H,22,24). The fourth-order valence-corrected chi connectivity index (χ4v) is 3.64. The zero-order valence-corrected chi connectivity index (χ0v) is 16.5. The SMILES string of the molecule is CCc1cc(=O)n2nc(NCc3ccccc3Oc3ccccc3C)sc2n1. The predicted octanol–water partition coefficient (Wildman–Crippen LogP) is 4.43. The minimum atomic E-state index is -0.158. The molecule has 4 rings (SSSR count). The number of hydrogen-bond donors (Lipinski definition) is 1. The van der Waals surface area contributed by atoms with Crippen LogP contribution < -0.4 is 15.6 Å². The Hall–Kier alpha value is -3.19. The van der Waals surface area contributed by atoms with E-state index in [0.29, 0.717) is 16.6 Å². The van der Waals surface area contributed by atoms with Gasteiger partial charge in [0.2, 0.25) is 10.1 Å². The number of nitrogens with one attached hydrogen (secondary N) is 1. The van der Waals surface area contributed by atoms with Crippen LogP contribution in [0.25, 0.3) is 4.96 Å². The molecule has 0 aliphatic heterocycles. The number of fused-ring (bicyclic) bond motifs is 1. The summed E-state index contributed by atoms with van der Waals surface area (Å²) in [5, 5.41) is 8.26. The van der Waals surface area contributed by atoms with Crippen molar-refractivity contribution in [2.45, 2.75) is 26.8 Å². The summed E-state index contributed by atoms with van der Waals surface area (Å²) in [4.78, 5) is 17.2. The third kappa shape index (κ3) is 3.75. The molecule has 0 spiro atoms. The predicted molar refractivity (Wildman–Crippen MR) is 112 cm³/mol. The monoisotopic (exact) mass is 392 g/mol. The molecule has 4 aromatic rings. The van der Waals surface area contributed by atoms with E-state index in [0.717, 1.165) is 34.7 Å².